The first-order valence-corrected chi connectivity index (χ1v) is 14.2. The Balaban J connectivity index is 1.31. The molecule has 1 atom stereocenters. The highest BCUT2D eigenvalue weighted by Gasteiger charge is 2.37. The molecule has 1 unspecified atom stereocenters. The predicted molar refractivity (Wildman–Crippen MR) is 157 cm³/mol. The highest BCUT2D eigenvalue weighted by atomic mass is 35.5. The van der Waals surface area contributed by atoms with Gasteiger partial charge >= 0.3 is 0 Å². The van der Waals surface area contributed by atoms with E-state index in [0.29, 0.717) is 23.9 Å². The molecule has 8 heteroatoms. The summed E-state index contributed by atoms with van der Waals surface area (Å²) < 4.78 is 19.4. The minimum Gasteiger partial charge on any atom is -0.504 e. The van der Waals surface area contributed by atoms with Gasteiger partial charge in [-0.25, -0.2) is 4.98 Å². The average Bonchev–Trinajstić information content (AvgIpc) is 3.60. The zero-order valence-electron chi connectivity index (χ0n) is 22.6. The van der Waals surface area contributed by atoms with Crippen LogP contribution in [0.2, 0.25) is 5.02 Å². The number of fused-ring (bicyclic) bond motifs is 6. The number of imidazole rings is 1. The smallest absolute Gasteiger partial charge is 0.231 e. The quantitative estimate of drug-likeness (QED) is 0.268. The summed E-state index contributed by atoms with van der Waals surface area (Å²) in [5.41, 5.74) is 8.57. The van der Waals surface area contributed by atoms with E-state index in [1.165, 1.54) is 11.1 Å². The van der Waals surface area contributed by atoms with Gasteiger partial charge in [0, 0.05) is 41.8 Å². The van der Waals surface area contributed by atoms with E-state index in [4.69, 9.17) is 30.8 Å². The molecular formula is C33H28ClN3O4. The third-order valence-corrected chi connectivity index (χ3v) is 8.93. The molecule has 0 saturated heterocycles. The molecular weight excluding hydrogens is 538 g/mol. The summed E-state index contributed by atoms with van der Waals surface area (Å²) in [5.74, 6) is 3.14. The second-order valence-corrected chi connectivity index (χ2v) is 11.4. The van der Waals surface area contributed by atoms with Crippen molar-refractivity contribution in [1.29, 1.82) is 0 Å². The van der Waals surface area contributed by atoms with Crippen molar-refractivity contribution in [3.8, 4) is 34.4 Å². The first-order chi connectivity index (χ1) is 20.1. The Morgan fingerprint density at radius 3 is 2.73 bits per heavy atom. The molecule has 4 heterocycles. The average molecular weight is 566 g/mol. The summed E-state index contributed by atoms with van der Waals surface area (Å²) in [6.45, 7) is 2.39. The Bertz CT molecular complexity index is 1850. The van der Waals surface area contributed by atoms with E-state index in [-0.39, 0.29) is 18.6 Å². The zero-order chi connectivity index (χ0) is 27.7. The molecule has 5 aromatic rings. The fraction of sp³-hybridized carbons (Fsp3) is 0.242. The van der Waals surface area contributed by atoms with Crippen LogP contribution in [0.15, 0.2) is 66.7 Å². The summed E-state index contributed by atoms with van der Waals surface area (Å²) in [5, 5.41) is 12.1. The van der Waals surface area contributed by atoms with Crippen LogP contribution >= 0.6 is 11.6 Å². The lowest BCUT2D eigenvalue weighted by atomic mass is 9.81. The molecule has 3 aliphatic heterocycles. The lowest BCUT2D eigenvalue weighted by Crippen LogP contribution is -2.39. The maximum absolute atomic E-state index is 11.4. The minimum absolute atomic E-state index is 0.151. The van der Waals surface area contributed by atoms with Crippen LogP contribution in [-0.2, 0) is 25.9 Å². The number of ether oxygens (including phenoxy) is 3. The molecule has 0 amide bonds. The van der Waals surface area contributed by atoms with E-state index in [1.54, 1.807) is 7.11 Å². The lowest BCUT2D eigenvalue weighted by molar-refractivity contribution is 0.158. The van der Waals surface area contributed by atoms with Gasteiger partial charge in [0.15, 0.2) is 23.0 Å². The van der Waals surface area contributed by atoms with Crippen LogP contribution in [0.5, 0.6) is 23.0 Å². The number of benzene rings is 4. The van der Waals surface area contributed by atoms with Crippen LogP contribution in [0.25, 0.3) is 22.4 Å². The van der Waals surface area contributed by atoms with Gasteiger partial charge < -0.3 is 23.9 Å². The van der Waals surface area contributed by atoms with Crippen LogP contribution in [-0.4, -0.2) is 40.0 Å². The zero-order valence-corrected chi connectivity index (χ0v) is 23.3. The van der Waals surface area contributed by atoms with Crippen molar-refractivity contribution < 1.29 is 19.3 Å². The number of para-hydroxylation sites is 2. The van der Waals surface area contributed by atoms with E-state index in [9.17, 15) is 5.11 Å². The maximum atomic E-state index is 11.4. The van der Waals surface area contributed by atoms with Gasteiger partial charge in [-0.15, -0.1) is 0 Å². The van der Waals surface area contributed by atoms with Crippen LogP contribution < -0.4 is 14.2 Å². The standard InChI is InChI=1S/C33H28ClN3O4/c1-39-31-15-24(33-35-26-7-2-3-8-27(26)37(33)16-19-5-4-6-21(34)11-19)23-13-28-22-14-30-29(40-18-41-30)12-20(22)9-10-36(28)17-25(23)32(31)38/h2-8,11-12,14-15,28,38H,9-10,13,16-18H2,1H3. The second-order valence-electron chi connectivity index (χ2n) is 10.9. The van der Waals surface area contributed by atoms with Crippen LogP contribution in [0, 0.1) is 0 Å². The number of nitrogens with zero attached hydrogens (tertiary/aromatic N) is 3. The summed E-state index contributed by atoms with van der Waals surface area (Å²) in [6.07, 6.45) is 1.65. The topological polar surface area (TPSA) is 69.0 Å². The van der Waals surface area contributed by atoms with Crippen molar-refractivity contribution in [2.75, 3.05) is 20.4 Å². The molecule has 0 spiro atoms. The minimum atomic E-state index is 0.151. The number of phenolic OH excluding ortho intramolecular Hbond substituents is 1. The van der Waals surface area contributed by atoms with Gasteiger partial charge in [-0.2, -0.15) is 0 Å². The molecule has 4 aromatic carbocycles. The fourth-order valence-corrected chi connectivity index (χ4v) is 6.94. The van der Waals surface area contributed by atoms with Crippen molar-refractivity contribution in [2.45, 2.75) is 32.0 Å². The number of rotatable bonds is 4. The number of aromatic hydroxyl groups is 1. The summed E-state index contributed by atoms with van der Waals surface area (Å²) in [4.78, 5) is 7.60. The van der Waals surface area contributed by atoms with Crippen molar-refractivity contribution in [2.24, 2.45) is 0 Å². The van der Waals surface area contributed by atoms with Gasteiger partial charge in [-0.1, -0.05) is 35.9 Å². The molecule has 0 saturated carbocycles. The molecule has 41 heavy (non-hydrogen) atoms. The van der Waals surface area contributed by atoms with Gasteiger partial charge in [0.05, 0.1) is 18.1 Å². The van der Waals surface area contributed by atoms with Crippen LogP contribution in [0.1, 0.15) is 33.9 Å². The molecule has 1 aromatic heterocycles. The molecule has 206 valence electrons. The Labute approximate surface area is 242 Å². The first kappa shape index (κ1) is 24.6. The van der Waals surface area contributed by atoms with Gasteiger partial charge in [0.25, 0.3) is 0 Å². The van der Waals surface area contributed by atoms with Crippen LogP contribution in [0.4, 0.5) is 0 Å². The molecule has 0 radical (unpaired) electrons. The Kier molecular flexibility index (Phi) is 5.66. The van der Waals surface area contributed by atoms with Crippen LogP contribution in [0.3, 0.4) is 0 Å². The van der Waals surface area contributed by atoms with E-state index in [2.05, 4.69) is 33.7 Å². The first-order valence-electron chi connectivity index (χ1n) is 13.9. The molecule has 7 nitrogen and oxygen atoms in total. The third kappa shape index (κ3) is 3.95. The second kappa shape index (κ2) is 9.43. The van der Waals surface area contributed by atoms with E-state index < -0.39 is 0 Å². The van der Waals surface area contributed by atoms with E-state index >= 15 is 0 Å². The van der Waals surface area contributed by atoms with Gasteiger partial charge in [-0.05, 0) is 77.6 Å². The van der Waals surface area contributed by atoms with Crippen molar-refractivity contribution in [3.05, 3.63) is 99.6 Å². The number of hydrogen-bond donors (Lipinski definition) is 1. The lowest BCUT2D eigenvalue weighted by Gasteiger charge is -2.42. The maximum Gasteiger partial charge on any atom is 0.231 e. The van der Waals surface area contributed by atoms with Gasteiger partial charge in [0.1, 0.15) is 5.82 Å². The number of phenols is 1. The number of aromatic nitrogens is 2. The van der Waals surface area contributed by atoms with E-state index in [0.717, 1.165) is 70.0 Å². The Morgan fingerprint density at radius 1 is 1.02 bits per heavy atom. The largest absolute Gasteiger partial charge is 0.504 e. The number of halogens is 1. The monoisotopic (exact) mass is 565 g/mol. The molecule has 0 aliphatic carbocycles. The Morgan fingerprint density at radius 2 is 1.88 bits per heavy atom. The van der Waals surface area contributed by atoms with Crippen molar-refractivity contribution >= 4 is 22.6 Å². The summed E-state index contributed by atoms with van der Waals surface area (Å²) in [7, 11) is 1.60. The normalized spacial score (nSPS) is 17.3. The number of methoxy groups -OCH3 is 1. The molecule has 0 fully saturated rings. The summed E-state index contributed by atoms with van der Waals surface area (Å²) >= 11 is 6.36. The highest BCUT2D eigenvalue weighted by molar-refractivity contribution is 6.30. The Hall–Kier alpha value is -4.20. The predicted octanol–water partition coefficient (Wildman–Crippen LogP) is 6.50. The fourth-order valence-electron chi connectivity index (χ4n) is 6.73. The van der Waals surface area contributed by atoms with E-state index in [1.807, 2.05) is 42.5 Å². The highest BCUT2D eigenvalue weighted by Crippen LogP contribution is 2.49. The molecule has 8 rings (SSSR count). The van der Waals surface area contributed by atoms with Gasteiger partial charge in [-0.3, -0.25) is 4.90 Å². The van der Waals surface area contributed by atoms with Crippen molar-refractivity contribution in [3.63, 3.8) is 0 Å². The van der Waals surface area contributed by atoms with Crippen molar-refractivity contribution in [1.82, 2.24) is 14.5 Å². The van der Waals surface area contributed by atoms with Gasteiger partial charge in [0.2, 0.25) is 6.79 Å². The molecule has 3 aliphatic rings. The molecule has 1 N–H and O–H groups in total. The summed E-state index contributed by atoms with van der Waals surface area (Å²) in [6, 6.07) is 22.5. The number of hydrogen-bond acceptors (Lipinski definition) is 6. The third-order valence-electron chi connectivity index (χ3n) is 8.69. The SMILES string of the molecule is COc1cc(-c2nc3ccccc3n2Cc2cccc(Cl)c2)c2c(c1O)CN1CCc3cc4c(cc3C1C2)OCO4. The molecule has 0 bridgehead atoms.